The molecule has 2 aromatic carbocycles. The van der Waals surface area contributed by atoms with Gasteiger partial charge in [-0.15, -0.1) is 0 Å². The summed E-state index contributed by atoms with van der Waals surface area (Å²) in [6, 6.07) is 16.9. The van der Waals surface area contributed by atoms with Crippen LogP contribution < -0.4 is 4.74 Å². The number of hydrogen-bond donors (Lipinski definition) is 1. The smallest absolute Gasteiger partial charge is 0.308 e. The molecule has 0 aliphatic carbocycles. The van der Waals surface area contributed by atoms with Crippen molar-refractivity contribution in [1.29, 1.82) is 0 Å². The molecule has 0 radical (unpaired) electrons. The van der Waals surface area contributed by atoms with Gasteiger partial charge in [0.2, 0.25) is 5.91 Å². The SMILES string of the molecule is COc1ccccc1CC(=O)N1CC(C(=O)O)C(c2ccccc2)C1. The zero-order valence-electron chi connectivity index (χ0n) is 14.1. The molecule has 0 spiro atoms. The quantitative estimate of drug-likeness (QED) is 0.909. The molecular weight excluding hydrogens is 318 g/mol. The Morgan fingerprint density at radius 3 is 2.44 bits per heavy atom. The van der Waals surface area contributed by atoms with E-state index in [1.54, 1.807) is 12.0 Å². The van der Waals surface area contributed by atoms with Crippen molar-refractivity contribution in [2.45, 2.75) is 12.3 Å². The van der Waals surface area contributed by atoms with Gasteiger partial charge in [0.05, 0.1) is 19.4 Å². The average Bonchev–Trinajstić information content (AvgIpc) is 3.09. The Morgan fingerprint density at radius 1 is 1.08 bits per heavy atom. The Morgan fingerprint density at radius 2 is 1.76 bits per heavy atom. The second-order valence-corrected chi connectivity index (χ2v) is 6.25. The fraction of sp³-hybridized carbons (Fsp3) is 0.300. The van der Waals surface area contributed by atoms with Crippen LogP contribution in [0.15, 0.2) is 54.6 Å². The molecule has 130 valence electrons. The molecule has 1 amide bonds. The number of carbonyl (C=O) groups excluding carboxylic acids is 1. The molecule has 1 heterocycles. The minimum absolute atomic E-state index is 0.0748. The highest BCUT2D eigenvalue weighted by molar-refractivity contribution is 5.82. The van der Waals surface area contributed by atoms with Gasteiger partial charge < -0.3 is 14.7 Å². The van der Waals surface area contributed by atoms with Gasteiger partial charge in [-0.05, 0) is 11.6 Å². The summed E-state index contributed by atoms with van der Waals surface area (Å²) in [6.07, 6.45) is 0.206. The topological polar surface area (TPSA) is 66.8 Å². The van der Waals surface area contributed by atoms with Crippen LogP contribution in [-0.2, 0) is 16.0 Å². The zero-order valence-corrected chi connectivity index (χ0v) is 14.1. The second-order valence-electron chi connectivity index (χ2n) is 6.25. The lowest BCUT2D eigenvalue weighted by molar-refractivity contribution is -0.141. The predicted octanol–water partition coefficient (Wildman–Crippen LogP) is 2.56. The van der Waals surface area contributed by atoms with Crippen molar-refractivity contribution in [3.8, 4) is 5.75 Å². The van der Waals surface area contributed by atoms with Crippen LogP contribution in [0.25, 0.3) is 0 Å². The van der Waals surface area contributed by atoms with Gasteiger partial charge in [-0.2, -0.15) is 0 Å². The van der Waals surface area contributed by atoms with Gasteiger partial charge >= 0.3 is 5.97 Å². The van der Waals surface area contributed by atoms with Gasteiger partial charge in [0.15, 0.2) is 0 Å². The summed E-state index contributed by atoms with van der Waals surface area (Å²) < 4.78 is 5.29. The van der Waals surface area contributed by atoms with Crippen molar-refractivity contribution in [2.24, 2.45) is 5.92 Å². The van der Waals surface area contributed by atoms with Crippen molar-refractivity contribution in [2.75, 3.05) is 20.2 Å². The van der Waals surface area contributed by atoms with Gasteiger partial charge in [0.25, 0.3) is 0 Å². The van der Waals surface area contributed by atoms with Crippen LogP contribution in [0.2, 0.25) is 0 Å². The van der Waals surface area contributed by atoms with Crippen LogP contribution >= 0.6 is 0 Å². The van der Waals surface area contributed by atoms with E-state index >= 15 is 0 Å². The number of aliphatic carboxylic acids is 1. The Labute approximate surface area is 146 Å². The minimum Gasteiger partial charge on any atom is -0.496 e. The van der Waals surface area contributed by atoms with Crippen LogP contribution in [0, 0.1) is 5.92 Å². The Hall–Kier alpha value is -2.82. The van der Waals surface area contributed by atoms with Gasteiger partial charge in [-0.1, -0.05) is 48.5 Å². The van der Waals surface area contributed by atoms with Crippen LogP contribution in [0.5, 0.6) is 5.75 Å². The van der Waals surface area contributed by atoms with E-state index in [-0.39, 0.29) is 24.8 Å². The highest BCUT2D eigenvalue weighted by atomic mass is 16.5. The number of rotatable bonds is 5. The highest BCUT2D eigenvalue weighted by Gasteiger charge is 2.40. The van der Waals surface area contributed by atoms with Crippen LogP contribution in [0.3, 0.4) is 0 Å². The summed E-state index contributed by atoms with van der Waals surface area (Å²) in [5, 5.41) is 9.56. The molecule has 1 aliphatic rings. The number of benzene rings is 2. The summed E-state index contributed by atoms with van der Waals surface area (Å²) in [5.41, 5.74) is 1.77. The number of carboxylic acid groups (broad SMARTS) is 1. The molecule has 0 aromatic heterocycles. The number of carboxylic acids is 1. The van der Waals surface area contributed by atoms with Crippen LogP contribution in [-0.4, -0.2) is 42.1 Å². The third-order valence-electron chi connectivity index (χ3n) is 4.75. The van der Waals surface area contributed by atoms with Crippen molar-refractivity contribution < 1.29 is 19.4 Å². The maximum absolute atomic E-state index is 12.7. The predicted molar refractivity (Wildman–Crippen MR) is 93.6 cm³/mol. The number of methoxy groups -OCH3 is 1. The number of likely N-dealkylation sites (tertiary alicyclic amines) is 1. The Bertz CT molecular complexity index is 759. The van der Waals surface area contributed by atoms with E-state index in [4.69, 9.17) is 4.74 Å². The molecule has 2 atom stereocenters. The van der Waals surface area contributed by atoms with Gasteiger partial charge in [-0.25, -0.2) is 0 Å². The number of carbonyl (C=O) groups is 2. The van der Waals surface area contributed by atoms with E-state index in [1.165, 1.54) is 0 Å². The number of hydrogen-bond acceptors (Lipinski definition) is 3. The van der Waals surface area contributed by atoms with E-state index in [2.05, 4.69) is 0 Å². The molecular formula is C20H21NO4. The summed E-state index contributed by atoms with van der Waals surface area (Å²) >= 11 is 0. The van der Waals surface area contributed by atoms with Crippen LogP contribution in [0.4, 0.5) is 0 Å². The normalized spacial score (nSPS) is 19.6. The lowest BCUT2D eigenvalue weighted by atomic mass is 9.89. The van der Waals surface area contributed by atoms with Crippen molar-refractivity contribution in [3.63, 3.8) is 0 Å². The minimum atomic E-state index is -0.860. The van der Waals surface area contributed by atoms with Gasteiger partial charge in [0, 0.05) is 24.6 Å². The molecule has 1 N–H and O–H groups in total. The van der Waals surface area contributed by atoms with E-state index in [0.29, 0.717) is 12.3 Å². The summed E-state index contributed by atoms with van der Waals surface area (Å²) in [5.74, 6) is -1.02. The molecule has 1 aliphatic heterocycles. The monoisotopic (exact) mass is 339 g/mol. The molecule has 1 fully saturated rings. The van der Waals surface area contributed by atoms with E-state index in [9.17, 15) is 14.7 Å². The summed E-state index contributed by atoms with van der Waals surface area (Å²) in [6.45, 7) is 0.665. The molecule has 25 heavy (non-hydrogen) atoms. The molecule has 2 aromatic rings. The fourth-order valence-corrected chi connectivity index (χ4v) is 3.42. The summed E-state index contributed by atoms with van der Waals surface area (Å²) in [4.78, 5) is 26.0. The first-order valence-corrected chi connectivity index (χ1v) is 8.27. The second kappa shape index (κ2) is 7.38. The molecule has 5 heteroatoms. The van der Waals surface area contributed by atoms with E-state index < -0.39 is 11.9 Å². The molecule has 0 saturated carbocycles. The van der Waals surface area contributed by atoms with Crippen molar-refractivity contribution in [1.82, 2.24) is 4.90 Å². The number of ether oxygens (including phenoxy) is 1. The largest absolute Gasteiger partial charge is 0.496 e. The standard InChI is InChI=1S/C20H21NO4/c1-25-18-10-6-5-9-15(18)11-19(22)21-12-16(17(13-21)20(23)24)14-7-3-2-4-8-14/h2-10,16-17H,11-13H2,1H3,(H,23,24). The van der Waals surface area contributed by atoms with Gasteiger partial charge in [0.1, 0.15) is 5.75 Å². The lowest BCUT2D eigenvalue weighted by Gasteiger charge is -2.17. The zero-order chi connectivity index (χ0) is 17.8. The molecule has 0 bridgehead atoms. The van der Waals surface area contributed by atoms with Gasteiger partial charge in [-0.3, -0.25) is 9.59 Å². The number of amides is 1. The first kappa shape index (κ1) is 17.0. The molecule has 1 saturated heterocycles. The van der Waals surface area contributed by atoms with Crippen molar-refractivity contribution >= 4 is 11.9 Å². The van der Waals surface area contributed by atoms with E-state index in [1.807, 2.05) is 54.6 Å². The van der Waals surface area contributed by atoms with E-state index in [0.717, 1.165) is 11.1 Å². The third-order valence-corrected chi connectivity index (χ3v) is 4.75. The maximum Gasteiger partial charge on any atom is 0.308 e. The Kier molecular flexibility index (Phi) is 5.03. The lowest BCUT2D eigenvalue weighted by Crippen LogP contribution is -2.31. The highest BCUT2D eigenvalue weighted by Crippen LogP contribution is 2.33. The number of para-hydroxylation sites is 1. The fourth-order valence-electron chi connectivity index (χ4n) is 3.42. The Balaban J connectivity index is 1.77. The third kappa shape index (κ3) is 3.65. The number of nitrogens with zero attached hydrogens (tertiary/aromatic N) is 1. The average molecular weight is 339 g/mol. The summed E-state index contributed by atoms with van der Waals surface area (Å²) in [7, 11) is 1.57. The first-order valence-electron chi connectivity index (χ1n) is 8.27. The molecule has 2 unspecified atom stereocenters. The van der Waals surface area contributed by atoms with Crippen molar-refractivity contribution in [3.05, 3.63) is 65.7 Å². The maximum atomic E-state index is 12.7. The first-order chi connectivity index (χ1) is 12.1. The van der Waals surface area contributed by atoms with Crippen LogP contribution in [0.1, 0.15) is 17.0 Å². The molecule has 3 rings (SSSR count). The molecule has 5 nitrogen and oxygen atoms in total.